The number of nitrogens with one attached hydrogen (secondary N) is 1. The maximum Gasteiger partial charge on any atom is 0.261 e. The lowest BCUT2D eigenvalue weighted by Gasteiger charge is -2.31. The molecule has 0 unspecified atom stereocenters. The zero-order chi connectivity index (χ0) is 22.1. The van der Waals surface area contributed by atoms with Crippen LogP contribution in [0.15, 0.2) is 48.5 Å². The van der Waals surface area contributed by atoms with Crippen molar-refractivity contribution in [2.45, 2.75) is 59.2 Å². The molecule has 0 fully saturated rings. The van der Waals surface area contributed by atoms with Crippen LogP contribution in [0.3, 0.4) is 0 Å². The first-order chi connectivity index (χ1) is 14.3. The van der Waals surface area contributed by atoms with Crippen molar-refractivity contribution >= 4 is 11.8 Å². The molecule has 2 aromatic rings. The lowest BCUT2D eigenvalue weighted by molar-refractivity contribution is -0.143. The van der Waals surface area contributed by atoms with Crippen molar-refractivity contribution in [3.8, 4) is 5.75 Å². The summed E-state index contributed by atoms with van der Waals surface area (Å²) in [5, 5.41) is 2.98. The van der Waals surface area contributed by atoms with Crippen LogP contribution in [0.25, 0.3) is 0 Å². The third-order valence-electron chi connectivity index (χ3n) is 5.00. The van der Waals surface area contributed by atoms with E-state index < -0.39 is 6.04 Å². The third kappa shape index (κ3) is 6.87. The number of nitrogens with zero attached hydrogens (tertiary/aromatic N) is 1. The molecule has 0 bridgehead atoms. The van der Waals surface area contributed by atoms with Gasteiger partial charge in [0.05, 0.1) is 0 Å². The summed E-state index contributed by atoms with van der Waals surface area (Å²) in [5.41, 5.74) is 2.03. The minimum absolute atomic E-state index is 0.0259. The molecule has 2 rings (SSSR count). The fourth-order valence-corrected chi connectivity index (χ4v) is 3.13. The number of rotatable bonds is 10. The Balaban J connectivity index is 2.20. The topological polar surface area (TPSA) is 58.6 Å². The van der Waals surface area contributed by atoms with Gasteiger partial charge in [0.15, 0.2) is 6.61 Å². The van der Waals surface area contributed by atoms with Crippen LogP contribution in [-0.4, -0.2) is 35.4 Å². The number of hydrogen-bond donors (Lipinski definition) is 1. The molecule has 5 nitrogen and oxygen atoms in total. The van der Waals surface area contributed by atoms with Gasteiger partial charge in [-0.05, 0) is 56.5 Å². The van der Waals surface area contributed by atoms with Gasteiger partial charge in [0.1, 0.15) is 17.6 Å². The second-order valence-electron chi connectivity index (χ2n) is 7.50. The molecule has 0 radical (unpaired) electrons. The van der Waals surface area contributed by atoms with Gasteiger partial charge in [-0.2, -0.15) is 0 Å². The van der Waals surface area contributed by atoms with E-state index in [1.54, 1.807) is 4.90 Å². The number of aryl methyl sites for hydroxylation is 1. The molecule has 2 amide bonds. The Hall–Kier alpha value is -2.89. The van der Waals surface area contributed by atoms with Crippen LogP contribution in [-0.2, 0) is 16.1 Å². The summed E-state index contributed by atoms with van der Waals surface area (Å²) >= 11 is 0. The summed E-state index contributed by atoms with van der Waals surface area (Å²) in [7, 11) is 0. The highest BCUT2D eigenvalue weighted by Crippen LogP contribution is 2.16. The number of halogens is 1. The Labute approximate surface area is 178 Å². The van der Waals surface area contributed by atoms with Crippen molar-refractivity contribution in [2.24, 2.45) is 0 Å². The van der Waals surface area contributed by atoms with Crippen molar-refractivity contribution in [2.75, 3.05) is 6.61 Å². The lowest BCUT2D eigenvalue weighted by Crippen LogP contribution is -2.51. The van der Waals surface area contributed by atoms with E-state index in [9.17, 15) is 14.0 Å². The highest BCUT2D eigenvalue weighted by atomic mass is 19.1. The van der Waals surface area contributed by atoms with Gasteiger partial charge in [0, 0.05) is 12.6 Å². The van der Waals surface area contributed by atoms with Crippen LogP contribution in [0.5, 0.6) is 5.75 Å². The van der Waals surface area contributed by atoms with Gasteiger partial charge in [0.2, 0.25) is 5.91 Å². The summed E-state index contributed by atoms with van der Waals surface area (Å²) in [6.45, 7) is 7.88. The molecule has 0 aliphatic heterocycles. The standard InChI is InChI=1S/C24H31FN2O3/c1-5-18(4)26-24(29)22(6-2)27(15-19-9-7-8-17(3)14-19)23(28)16-30-21-12-10-20(25)11-13-21/h7-14,18,22H,5-6,15-16H2,1-4H3,(H,26,29)/t18-,22-/m0/s1. The fourth-order valence-electron chi connectivity index (χ4n) is 3.13. The first-order valence-electron chi connectivity index (χ1n) is 10.4. The largest absolute Gasteiger partial charge is 0.484 e. The number of amides is 2. The quantitative estimate of drug-likeness (QED) is 0.633. The Bertz CT molecular complexity index is 839. The number of benzene rings is 2. The van der Waals surface area contributed by atoms with Gasteiger partial charge in [0.25, 0.3) is 5.91 Å². The monoisotopic (exact) mass is 414 g/mol. The summed E-state index contributed by atoms with van der Waals surface area (Å²) in [6.07, 6.45) is 1.29. The molecule has 0 saturated heterocycles. The van der Waals surface area contributed by atoms with Gasteiger partial charge >= 0.3 is 0 Å². The maximum atomic E-state index is 13.1. The van der Waals surface area contributed by atoms with Gasteiger partial charge in [-0.3, -0.25) is 9.59 Å². The van der Waals surface area contributed by atoms with Crippen LogP contribution in [0, 0.1) is 12.7 Å². The van der Waals surface area contributed by atoms with E-state index in [1.165, 1.54) is 24.3 Å². The van der Waals surface area contributed by atoms with E-state index in [1.807, 2.05) is 52.0 Å². The Morgan fingerprint density at radius 2 is 1.80 bits per heavy atom. The van der Waals surface area contributed by atoms with Crippen LogP contribution in [0.2, 0.25) is 0 Å². The first-order valence-corrected chi connectivity index (χ1v) is 10.4. The van der Waals surface area contributed by atoms with Crippen LogP contribution in [0.1, 0.15) is 44.7 Å². The van der Waals surface area contributed by atoms with Crippen LogP contribution < -0.4 is 10.1 Å². The number of carbonyl (C=O) groups is 2. The van der Waals surface area contributed by atoms with Gasteiger partial charge in [-0.25, -0.2) is 4.39 Å². The minimum atomic E-state index is -0.608. The first kappa shape index (κ1) is 23.4. The molecule has 0 aliphatic rings. The zero-order valence-corrected chi connectivity index (χ0v) is 18.2. The average molecular weight is 415 g/mol. The van der Waals surface area contributed by atoms with Crippen molar-refractivity contribution in [1.82, 2.24) is 10.2 Å². The summed E-state index contributed by atoms with van der Waals surface area (Å²) in [6, 6.07) is 12.8. The second kappa shape index (κ2) is 11.3. The Morgan fingerprint density at radius 1 is 1.10 bits per heavy atom. The Kier molecular flexibility index (Phi) is 8.84. The molecule has 2 atom stereocenters. The Morgan fingerprint density at radius 3 is 2.40 bits per heavy atom. The van der Waals surface area contributed by atoms with E-state index in [0.717, 1.165) is 17.5 Å². The lowest BCUT2D eigenvalue weighted by atomic mass is 10.1. The smallest absolute Gasteiger partial charge is 0.261 e. The third-order valence-corrected chi connectivity index (χ3v) is 5.00. The highest BCUT2D eigenvalue weighted by Gasteiger charge is 2.29. The minimum Gasteiger partial charge on any atom is -0.484 e. The number of ether oxygens (including phenoxy) is 1. The SMILES string of the molecule is CC[C@H](C)NC(=O)[C@H](CC)N(Cc1cccc(C)c1)C(=O)COc1ccc(F)cc1. The highest BCUT2D eigenvalue weighted by molar-refractivity contribution is 5.88. The molecule has 0 aliphatic carbocycles. The van der Waals surface area contributed by atoms with Crippen molar-refractivity contribution in [3.05, 3.63) is 65.5 Å². The van der Waals surface area contributed by atoms with Crippen LogP contribution in [0.4, 0.5) is 4.39 Å². The predicted octanol–water partition coefficient (Wildman–Crippen LogP) is 4.24. The fraction of sp³-hybridized carbons (Fsp3) is 0.417. The van der Waals surface area contributed by atoms with Gasteiger partial charge in [-0.15, -0.1) is 0 Å². The van der Waals surface area contributed by atoms with Gasteiger partial charge < -0.3 is 15.0 Å². The molecule has 0 aromatic heterocycles. The molecule has 162 valence electrons. The number of hydrogen-bond acceptors (Lipinski definition) is 3. The molecular weight excluding hydrogens is 383 g/mol. The van der Waals surface area contributed by atoms with E-state index in [0.29, 0.717) is 18.7 Å². The van der Waals surface area contributed by atoms with E-state index in [2.05, 4.69) is 5.32 Å². The molecule has 0 spiro atoms. The summed E-state index contributed by atoms with van der Waals surface area (Å²) in [4.78, 5) is 27.5. The zero-order valence-electron chi connectivity index (χ0n) is 18.2. The van der Waals surface area contributed by atoms with Crippen molar-refractivity contribution in [3.63, 3.8) is 0 Å². The predicted molar refractivity (Wildman–Crippen MR) is 116 cm³/mol. The van der Waals surface area contributed by atoms with Crippen molar-refractivity contribution in [1.29, 1.82) is 0 Å². The van der Waals surface area contributed by atoms with Crippen molar-refractivity contribution < 1.29 is 18.7 Å². The molecule has 0 saturated carbocycles. The number of carbonyl (C=O) groups excluding carboxylic acids is 2. The summed E-state index contributed by atoms with van der Waals surface area (Å²) < 4.78 is 18.6. The van der Waals surface area contributed by atoms with E-state index in [4.69, 9.17) is 4.74 Å². The summed E-state index contributed by atoms with van der Waals surface area (Å²) in [5.74, 6) is -0.443. The second-order valence-corrected chi connectivity index (χ2v) is 7.50. The average Bonchev–Trinajstić information content (AvgIpc) is 2.72. The normalized spacial score (nSPS) is 12.7. The van der Waals surface area contributed by atoms with E-state index >= 15 is 0 Å². The molecular formula is C24H31FN2O3. The molecule has 0 heterocycles. The molecule has 30 heavy (non-hydrogen) atoms. The molecule has 6 heteroatoms. The maximum absolute atomic E-state index is 13.1. The molecule has 2 aromatic carbocycles. The molecule has 1 N–H and O–H groups in total. The van der Waals surface area contributed by atoms with Gasteiger partial charge in [-0.1, -0.05) is 43.7 Å². The van der Waals surface area contributed by atoms with Crippen LogP contribution >= 0.6 is 0 Å². The van der Waals surface area contributed by atoms with E-state index in [-0.39, 0.29) is 30.3 Å².